The molecular formula is C10H12N2O2. The number of anilines is 1. The molecule has 1 N–H and O–H groups in total. The van der Waals surface area contributed by atoms with Crippen molar-refractivity contribution in [1.29, 1.82) is 0 Å². The molecule has 4 heteroatoms. The summed E-state index contributed by atoms with van der Waals surface area (Å²) in [6.45, 7) is 0.687. The molecule has 0 radical (unpaired) electrons. The maximum absolute atomic E-state index is 11.5. The molecule has 4 nitrogen and oxygen atoms in total. The van der Waals surface area contributed by atoms with Crippen LogP contribution in [-0.2, 0) is 4.79 Å². The number of aromatic nitrogens is 1. The Labute approximate surface area is 82.2 Å². The summed E-state index contributed by atoms with van der Waals surface area (Å²) in [5, 5.41) is 8.96. The fraction of sp³-hybridized carbons (Fsp3) is 0.400. The monoisotopic (exact) mass is 192 g/mol. The third-order valence-electron chi connectivity index (χ3n) is 2.44. The maximum atomic E-state index is 11.5. The highest BCUT2D eigenvalue weighted by molar-refractivity contribution is 5.95. The van der Waals surface area contributed by atoms with E-state index in [1.165, 1.54) is 0 Å². The molecule has 14 heavy (non-hydrogen) atoms. The fourth-order valence-electron chi connectivity index (χ4n) is 1.68. The molecule has 0 bridgehead atoms. The van der Waals surface area contributed by atoms with E-state index >= 15 is 0 Å². The molecule has 1 fully saturated rings. The van der Waals surface area contributed by atoms with Gasteiger partial charge in [0.1, 0.15) is 0 Å². The van der Waals surface area contributed by atoms with Crippen LogP contribution in [0, 0.1) is 5.92 Å². The zero-order chi connectivity index (χ0) is 9.97. The van der Waals surface area contributed by atoms with E-state index in [2.05, 4.69) is 4.98 Å². The highest BCUT2D eigenvalue weighted by Crippen LogP contribution is 2.23. The lowest BCUT2D eigenvalue weighted by atomic mass is 10.1. The number of carbonyl (C=O) groups is 1. The molecule has 1 aromatic heterocycles. The largest absolute Gasteiger partial charge is 0.396 e. The number of rotatable bonds is 2. The molecule has 2 rings (SSSR count). The number of pyridine rings is 1. The number of carbonyl (C=O) groups excluding carboxylic acids is 1. The number of nitrogens with zero attached hydrogens (tertiary/aromatic N) is 2. The van der Waals surface area contributed by atoms with Gasteiger partial charge < -0.3 is 10.0 Å². The van der Waals surface area contributed by atoms with Gasteiger partial charge in [-0.05, 0) is 12.1 Å². The van der Waals surface area contributed by atoms with Crippen LogP contribution in [0.3, 0.4) is 0 Å². The Morgan fingerprint density at radius 1 is 1.50 bits per heavy atom. The van der Waals surface area contributed by atoms with E-state index in [1.807, 2.05) is 0 Å². The summed E-state index contributed by atoms with van der Waals surface area (Å²) < 4.78 is 0. The predicted molar refractivity (Wildman–Crippen MR) is 51.8 cm³/mol. The summed E-state index contributed by atoms with van der Waals surface area (Å²) >= 11 is 0. The molecule has 0 spiro atoms. The molecule has 1 amide bonds. The van der Waals surface area contributed by atoms with Crippen molar-refractivity contribution in [1.82, 2.24) is 4.98 Å². The highest BCUT2D eigenvalue weighted by Gasteiger charge is 2.29. The van der Waals surface area contributed by atoms with Crippen LogP contribution in [0.25, 0.3) is 0 Å². The summed E-state index contributed by atoms with van der Waals surface area (Å²) in [4.78, 5) is 17.1. The first kappa shape index (κ1) is 9.15. The number of aliphatic hydroxyl groups excluding tert-OH is 1. The Bertz CT molecular complexity index is 326. The SMILES string of the molecule is O=C1CC(CO)CN1c1ccncc1. The van der Waals surface area contributed by atoms with Gasteiger partial charge in [-0.15, -0.1) is 0 Å². The van der Waals surface area contributed by atoms with E-state index in [4.69, 9.17) is 5.11 Å². The van der Waals surface area contributed by atoms with Gasteiger partial charge in [-0.3, -0.25) is 9.78 Å². The van der Waals surface area contributed by atoms with Crippen LogP contribution in [0.4, 0.5) is 5.69 Å². The van der Waals surface area contributed by atoms with Crippen LogP contribution >= 0.6 is 0 Å². The molecule has 74 valence electrons. The van der Waals surface area contributed by atoms with Gasteiger partial charge in [0.15, 0.2) is 0 Å². The Morgan fingerprint density at radius 3 is 2.79 bits per heavy atom. The van der Waals surface area contributed by atoms with E-state index in [1.54, 1.807) is 29.4 Å². The summed E-state index contributed by atoms with van der Waals surface area (Å²) in [7, 11) is 0. The fourth-order valence-corrected chi connectivity index (χ4v) is 1.68. The van der Waals surface area contributed by atoms with Gasteiger partial charge in [0.2, 0.25) is 5.91 Å². The normalized spacial score (nSPS) is 21.6. The summed E-state index contributed by atoms with van der Waals surface area (Å²) in [6.07, 6.45) is 3.77. The minimum absolute atomic E-state index is 0.0767. The average Bonchev–Trinajstić information content (AvgIpc) is 2.61. The molecule has 1 aliphatic heterocycles. The number of amides is 1. The van der Waals surface area contributed by atoms with E-state index in [9.17, 15) is 4.79 Å². The van der Waals surface area contributed by atoms with Crippen molar-refractivity contribution in [3.05, 3.63) is 24.5 Å². The molecular weight excluding hydrogens is 180 g/mol. The third-order valence-corrected chi connectivity index (χ3v) is 2.44. The Kier molecular flexibility index (Phi) is 2.45. The van der Waals surface area contributed by atoms with E-state index < -0.39 is 0 Å². The standard InChI is InChI=1S/C10H12N2O2/c13-7-8-5-10(14)12(6-8)9-1-3-11-4-2-9/h1-4,8,13H,5-7H2. The van der Waals surface area contributed by atoms with E-state index in [0.29, 0.717) is 13.0 Å². The van der Waals surface area contributed by atoms with Crippen LogP contribution < -0.4 is 4.90 Å². The number of hydrogen-bond donors (Lipinski definition) is 1. The van der Waals surface area contributed by atoms with Crippen molar-refractivity contribution in [2.45, 2.75) is 6.42 Å². The van der Waals surface area contributed by atoms with Gasteiger partial charge in [-0.2, -0.15) is 0 Å². The van der Waals surface area contributed by atoms with Gasteiger partial charge in [0, 0.05) is 43.6 Å². The number of aliphatic hydroxyl groups is 1. The Morgan fingerprint density at radius 2 is 2.21 bits per heavy atom. The minimum atomic E-state index is 0.0767. The zero-order valence-corrected chi connectivity index (χ0v) is 7.76. The van der Waals surface area contributed by atoms with Crippen molar-refractivity contribution in [3.8, 4) is 0 Å². The van der Waals surface area contributed by atoms with Crippen molar-refractivity contribution in [2.75, 3.05) is 18.1 Å². The van der Waals surface area contributed by atoms with Gasteiger partial charge in [0.25, 0.3) is 0 Å². The minimum Gasteiger partial charge on any atom is -0.396 e. The van der Waals surface area contributed by atoms with Crippen molar-refractivity contribution in [2.24, 2.45) is 5.92 Å². The first-order valence-corrected chi connectivity index (χ1v) is 4.62. The van der Waals surface area contributed by atoms with Crippen LogP contribution in [0.5, 0.6) is 0 Å². The molecule has 1 aliphatic rings. The van der Waals surface area contributed by atoms with Crippen molar-refractivity contribution >= 4 is 11.6 Å². The zero-order valence-electron chi connectivity index (χ0n) is 7.76. The number of hydrogen-bond acceptors (Lipinski definition) is 3. The summed E-state index contributed by atoms with van der Waals surface area (Å²) in [5.41, 5.74) is 0.862. The molecule has 0 aromatic carbocycles. The molecule has 1 saturated heterocycles. The van der Waals surface area contributed by atoms with Gasteiger partial charge in [-0.25, -0.2) is 0 Å². The molecule has 1 unspecified atom stereocenters. The molecule has 0 aliphatic carbocycles. The van der Waals surface area contributed by atoms with Crippen LogP contribution in [0.15, 0.2) is 24.5 Å². The lowest BCUT2D eigenvalue weighted by molar-refractivity contribution is -0.117. The van der Waals surface area contributed by atoms with E-state index in [-0.39, 0.29) is 18.4 Å². The second-order valence-electron chi connectivity index (χ2n) is 3.46. The topological polar surface area (TPSA) is 53.4 Å². The lowest BCUT2D eigenvalue weighted by Crippen LogP contribution is -2.24. The molecule has 1 atom stereocenters. The quantitative estimate of drug-likeness (QED) is 0.739. The van der Waals surface area contributed by atoms with Gasteiger partial charge >= 0.3 is 0 Å². The maximum Gasteiger partial charge on any atom is 0.227 e. The Hall–Kier alpha value is -1.42. The van der Waals surface area contributed by atoms with Gasteiger partial charge in [-0.1, -0.05) is 0 Å². The van der Waals surface area contributed by atoms with Crippen LogP contribution in [0.1, 0.15) is 6.42 Å². The molecule has 1 aromatic rings. The second-order valence-corrected chi connectivity index (χ2v) is 3.46. The van der Waals surface area contributed by atoms with Gasteiger partial charge in [0.05, 0.1) is 0 Å². The second kappa shape index (κ2) is 3.75. The van der Waals surface area contributed by atoms with Crippen LogP contribution in [-0.4, -0.2) is 29.1 Å². The summed E-state index contributed by atoms with van der Waals surface area (Å²) in [6, 6.07) is 3.61. The summed E-state index contributed by atoms with van der Waals surface area (Å²) in [5.74, 6) is 0.158. The first-order chi connectivity index (χ1) is 6.81. The third kappa shape index (κ3) is 1.61. The highest BCUT2D eigenvalue weighted by atomic mass is 16.3. The smallest absolute Gasteiger partial charge is 0.227 e. The molecule has 0 saturated carbocycles. The lowest BCUT2D eigenvalue weighted by Gasteiger charge is -2.15. The Balaban J connectivity index is 2.17. The first-order valence-electron chi connectivity index (χ1n) is 4.62. The average molecular weight is 192 g/mol. The predicted octanol–water partition coefficient (Wildman–Crippen LogP) is 0.427. The van der Waals surface area contributed by atoms with E-state index in [0.717, 1.165) is 5.69 Å². The van der Waals surface area contributed by atoms with Crippen molar-refractivity contribution in [3.63, 3.8) is 0 Å². The van der Waals surface area contributed by atoms with Crippen LogP contribution in [0.2, 0.25) is 0 Å². The van der Waals surface area contributed by atoms with Crippen molar-refractivity contribution < 1.29 is 9.90 Å². The molecule has 2 heterocycles.